The molecular formula is C23H51NO. The van der Waals surface area contributed by atoms with Crippen LogP contribution in [0.2, 0.25) is 0 Å². The highest BCUT2D eigenvalue weighted by molar-refractivity contribution is 4.49. The molecule has 0 aromatic heterocycles. The molecule has 0 radical (unpaired) electrons. The molecule has 0 bridgehead atoms. The highest BCUT2D eigenvalue weighted by atomic mass is 16.2. The highest BCUT2D eigenvalue weighted by Crippen LogP contribution is 2.13. The molecule has 25 heavy (non-hydrogen) atoms. The van der Waals surface area contributed by atoms with Gasteiger partial charge in [-0.1, -0.05) is 97.3 Å². The van der Waals surface area contributed by atoms with Crippen LogP contribution in [0.4, 0.5) is 0 Å². The third kappa shape index (κ3) is 26.3. The van der Waals surface area contributed by atoms with E-state index in [1.54, 1.807) is 0 Å². The lowest BCUT2D eigenvalue weighted by Crippen LogP contribution is -2.39. The van der Waals surface area contributed by atoms with Crippen LogP contribution in [0.1, 0.15) is 117 Å². The molecule has 0 saturated heterocycles. The summed E-state index contributed by atoms with van der Waals surface area (Å²) in [5.41, 5.74) is 0. The van der Waals surface area contributed by atoms with Crippen molar-refractivity contribution in [2.24, 2.45) is 0 Å². The molecule has 0 aromatic carbocycles. The first-order valence-electron chi connectivity index (χ1n) is 11.4. The zero-order chi connectivity index (χ0) is 19.2. The predicted molar refractivity (Wildman–Crippen MR) is 113 cm³/mol. The van der Waals surface area contributed by atoms with Gasteiger partial charge < -0.3 is 9.59 Å². The van der Waals surface area contributed by atoms with Gasteiger partial charge in [0.05, 0.1) is 27.2 Å². The second kappa shape index (κ2) is 22.0. The molecule has 0 aliphatic rings. The number of nitrogens with zero attached hydrogens (tertiary/aromatic N) is 1. The van der Waals surface area contributed by atoms with Crippen LogP contribution in [-0.2, 0) is 0 Å². The van der Waals surface area contributed by atoms with Gasteiger partial charge in [0.2, 0.25) is 0 Å². The Morgan fingerprint density at radius 1 is 0.520 bits per heavy atom. The fourth-order valence-corrected chi connectivity index (χ4v) is 2.89. The molecular weight excluding hydrogens is 306 g/mol. The Bertz CT molecular complexity index is 226. The van der Waals surface area contributed by atoms with Crippen LogP contribution < -0.4 is 5.11 Å². The van der Waals surface area contributed by atoms with Crippen molar-refractivity contribution in [3.63, 3.8) is 0 Å². The smallest absolute Gasteiger partial charge is 0.0782 e. The lowest BCUT2D eigenvalue weighted by molar-refractivity contribution is -0.888. The van der Waals surface area contributed by atoms with Crippen LogP contribution in [0, 0.1) is 0 Å². The zero-order valence-electron chi connectivity index (χ0n) is 18.6. The Hall–Kier alpha value is -0.0800. The summed E-state index contributed by atoms with van der Waals surface area (Å²) in [6.45, 7) is 9.15. The van der Waals surface area contributed by atoms with Gasteiger partial charge in [-0.2, -0.15) is 0 Å². The maximum absolute atomic E-state index is 9.30. The van der Waals surface area contributed by atoms with E-state index in [9.17, 15) is 5.11 Å². The molecule has 0 spiro atoms. The van der Waals surface area contributed by atoms with Gasteiger partial charge >= 0.3 is 0 Å². The molecule has 0 rings (SSSR count). The van der Waals surface area contributed by atoms with E-state index in [0.717, 1.165) is 6.42 Å². The van der Waals surface area contributed by atoms with Gasteiger partial charge in [0.15, 0.2) is 0 Å². The van der Waals surface area contributed by atoms with E-state index in [1.165, 1.54) is 107 Å². The normalized spacial score (nSPS) is 11.3. The standard InChI is InChI=1S/C20H44N.C3H7O/c1-5-7-8-9-10-11-12-13-14-15-16-17-18-19-20-21(3,4)6-2;1-2-3-4/h5-20H2,1-4H3;2-3H2,1H3/q+1;-1. The number of unbranched alkanes of at least 4 members (excludes halogenated alkanes) is 13. The Morgan fingerprint density at radius 3 is 1.12 bits per heavy atom. The van der Waals surface area contributed by atoms with Crippen LogP contribution in [0.3, 0.4) is 0 Å². The van der Waals surface area contributed by atoms with Crippen LogP contribution in [-0.4, -0.2) is 38.3 Å². The Balaban J connectivity index is 0. The molecule has 0 saturated carbocycles. The van der Waals surface area contributed by atoms with E-state index in [2.05, 4.69) is 27.9 Å². The zero-order valence-corrected chi connectivity index (χ0v) is 18.6. The van der Waals surface area contributed by atoms with Crippen molar-refractivity contribution < 1.29 is 9.59 Å². The predicted octanol–water partition coefficient (Wildman–Crippen LogP) is 6.32. The van der Waals surface area contributed by atoms with Crippen molar-refractivity contribution in [2.75, 3.05) is 33.8 Å². The summed E-state index contributed by atoms with van der Waals surface area (Å²) >= 11 is 0. The summed E-state index contributed by atoms with van der Waals surface area (Å²) in [6.07, 6.45) is 21.2. The first kappa shape index (κ1) is 27.1. The first-order chi connectivity index (χ1) is 12.0. The number of quaternary nitrogens is 1. The first-order valence-corrected chi connectivity index (χ1v) is 11.4. The van der Waals surface area contributed by atoms with E-state index >= 15 is 0 Å². The average Bonchev–Trinajstić information content (AvgIpc) is 2.62. The molecule has 0 unspecified atom stereocenters. The fourth-order valence-electron chi connectivity index (χ4n) is 2.89. The van der Waals surface area contributed by atoms with Crippen molar-refractivity contribution >= 4 is 0 Å². The maximum Gasteiger partial charge on any atom is 0.0782 e. The molecule has 0 N–H and O–H groups in total. The van der Waals surface area contributed by atoms with E-state index in [4.69, 9.17) is 0 Å². The molecule has 0 aromatic rings. The minimum Gasteiger partial charge on any atom is -0.854 e. The highest BCUT2D eigenvalue weighted by Gasteiger charge is 2.09. The Kier molecular flexibility index (Phi) is 23.8. The van der Waals surface area contributed by atoms with Gasteiger partial charge in [0.25, 0.3) is 0 Å². The summed E-state index contributed by atoms with van der Waals surface area (Å²) < 4.78 is 1.19. The van der Waals surface area contributed by atoms with Crippen LogP contribution in [0.5, 0.6) is 0 Å². The fraction of sp³-hybridized carbons (Fsp3) is 1.00. The van der Waals surface area contributed by atoms with Crippen molar-refractivity contribution in [1.29, 1.82) is 0 Å². The van der Waals surface area contributed by atoms with Gasteiger partial charge in [-0.15, -0.1) is 6.61 Å². The summed E-state index contributed by atoms with van der Waals surface area (Å²) in [5, 5.41) is 9.30. The van der Waals surface area contributed by atoms with E-state index < -0.39 is 0 Å². The quantitative estimate of drug-likeness (QED) is 0.220. The van der Waals surface area contributed by atoms with Crippen molar-refractivity contribution in [3.8, 4) is 0 Å². The molecule has 0 aliphatic carbocycles. The van der Waals surface area contributed by atoms with Gasteiger partial charge in [-0.05, 0) is 19.8 Å². The van der Waals surface area contributed by atoms with Crippen molar-refractivity contribution in [2.45, 2.75) is 117 Å². The molecule has 154 valence electrons. The second-order valence-corrected chi connectivity index (χ2v) is 8.28. The molecule has 0 fully saturated rings. The Labute approximate surface area is 161 Å². The van der Waals surface area contributed by atoms with Crippen LogP contribution in [0.15, 0.2) is 0 Å². The largest absolute Gasteiger partial charge is 0.854 e. The van der Waals surface area contributed by atoms with Gasteiger partial charge in [-0.25, -0.2) is 0 Å². The minimum atomic E-state index is 0.0694. The van der Waals surface area contributed by atoms with Crippen molar-refractivity contribution in [1.82, 2.24) is 0 Å². The molecule has 0 amide bonds. The topological polar surface area (TPSA) is 23.1 Å². The SMILES string of the molecule is CCCCCCCCCCCCCCCC[N+](C)(C)CC.CCC[O-]. The molecule has 0 atom stereocenters. The van der Waals surface area contributed by atoms with E-state index in [-0.39, 0.29) is 6.61 Å². The van der Waals surface area contributed by atoms with Gasteiger partial charge in [0.1, 0.15) is 0 Å². The van der Waals surface area contributed by atoms with Crippen LogP contribution >= 0.6 is 0 Å². The van der Waals surface area contributed by atoms with Crippen LogP contribution in [0.25, 0.3) is 0 Å². The molecule has 2 nitrogen and oxygen atoms in total. The summed E-state index contributed by atoms with van der Waals surface area (Å²) in [5.74, 6) is 0. The van der Waals surface area contributed by atoms with Gasteiger partial charge in [0, 0.05) is 0 Å². The minimum absolute atomic E-state index is 0.0694. The number of hydrogen-bond acceptors (Lipinski definition) is 1. The monoisotopic (exact) mass is 357 g/mol. The lowest BCUT2D eigenvalue weighted by atomic mass is 10.0. The molecule has 0 aliphatic heterocycles. The third-order valence-corrected chi connectivity index (χ3v) is 5.18. The van der Waals surface area contributed by atoms with Crippen molar-refractivity contribution in [3.05, 3.63) is 0 Å². The summed E-state index contributed by atoms with van der Waals surface area (Å²) in [7, 11) is 4.70. The average molecular weight is 358 g/mol. The molecule has 0 heterocycles. The van der Waals surface area contributed by atoms with Gasteiger partial charge in [-0.3, -0.25) is 0 Å². The second-order valence-electron chi connectivity index (χ2n) is 8.28. The summed E-state index contributed by atoms with van der Waals surface area (Å²) in [4.78, 5) is 0. The maximum atomic E-state index is 9.30. The van der Waals surface area contributed by atoms with E-state index in [0.29, 0.717) is 0 Å². The Morgan fingerprint density at radius 2 is 0.840 bits per heavy atom. The van der Waals surface area contributed by atoms with E-state index in [1.807, 2.05) is 6.92 Å². The summed E-state index contributed by atoms with van der Waals surface area (Å²) in [6, 6.07) is 0. The lowest BCUT2D eigenvalue weighted by Gasteiger charge is -2.28. The molecule has 2 heteroatoms. The number of hydrogen-bond donors (Lipinski definition) is 0. The number of rotatable bonds is 17. The third-order valence-electron chi connectivity index (χ3n) is 5.18.